The van der Waals surface area contributed by atoms with E-state index in [-0.39, 0.29) is 35.8 Å². The Morgan fingerprint density at radius 1 is 1.29 bits per heavy atom. The first-order chi connectivity index (χ1) is 13.3. The van der Waals surface area contributed by atoms with E-state index >= 15 is 0 Å². The number of rotatable bonds is 6. The molecule has 0 aromatic carbocycles. The normalized spacial score (nSPS) is 21.1. The monoisotopic (exact) mass is 505 g/mol. The molecular weight excluding hydrogens is 472 g/mol. The van der Waals surface area contributed by atoms with Crippen LogP contribution >= 0.6 is 24.0 Å². The molecule has 8 heteroatoms. The minimum absolute atomic E-state index is 0. The van der Waals surface area contributed by atoms with Gasteiger partial charge in [-0.1, -0.05) is 25.7 Å². The molecule has 6 nitrogen and oxygen atoms in total. The number of guanidine groups is 1. The predicted molar refractivity (Wildman–Crippen MR) is 122 cm³/mol. The highest BCUT2D eigenvalue weighted by Gasteiger charge is 2.25. The van der Waals surface area contributed by atoms with E-state index in [0.29, 0.717) is 25.1 Å². The highest BCUT2D eigenvalue weighted by atomic mass is 127. The average Bonchev–Trinajstić information content (AvgIpc) is 2.98. The number of nitrogens with one attached hydrogen (secondary N) is 2. The summed E-state index contributed by atoms with van der Waals surface area (Å²) in [4.78, 5) is 10.4. The van der Waals surface area contributed by atoms with Crippen molar-refractivity contribution in [1.29, 1.82) is 0 Å². The van der Waals surface area contributed by atoms with E-state index in [2.05, 4.69) is 20.6 Å². The Bertz CT molecular complexity index is 610. The number of aromatic nitrogens is 1. The number of ether oxygens (including phenoxy) is 1. The van der Waals surface area contributed by atoms with Crippen LogP contribution in [0.1, 0.15) is 44.9 Å². The fourth-order valence-electron chi connectivity index (χ4n) is 3.87. The van der Waals surface area contributed by atoms with Gasteiger partial charge in [-0.05, 0) is 31.4 Å². The van der Waals surface area contributed by atoms with Crippen LogP contribution in [0.2, 0.25) is 0 Å². The average molecular weight is 505 g/mol. The molecule has 2 aliphatic rings. The molecule has 2 heterocycles. The van der Waals surface area contributed by atoms with E-state index in [9.17, 15) is 4.39 Å². The van der Waals surface area contributed by atoms with Crippen molar-refractivity contribution >= 4 is 35.8 Å². The van der Waals surface area contributed by atoms with Crippen molar-refractivity contribution in [2.45, 2.75) is 57.1 Å². The van der Waals surface area contributed by atoms with Crippen molar-refractivity contribution in [3.05, 3.63) is 24.1 Å². The lowest BCUT2D eigenvalue weighted by Gasteiger charge is -2.20. The van der Waals surface area contributed by atoms with Crippen LogP contribution in [0.15, 0.2) is 23.3 Å². The topological polar surface area (TPSA) is 61.8 Å². The minimum Gasteiger partial charge on any atom is -0.376 e. The van der Waals surface area contributed by atoms with Crippen molar-refractivity contribution in [2.24, 2.45) is 4.99 Å². The van der Waals surface area contributed by atoms with E-state index in [1.165, 1.54) is 44.6 Å². The number of anilines is 1. The van der Waals surface area contributed by atoms with Crippen molar-refractivity contribution in [3.63, 3.8) is 0 Å². The molecule has 1 aromatic rings. The van der Waals surface area contributed by atoms with Crippen LogP contribution in [-0.2, 0) is 4.74 Å². The molecule has 1 aromatic heterocycles. The van der Waals surface area contributed by atoms with Crippen LogP contribution in [0, 0.1) is 5.82 Å². The Morgan fingerprint density at radius 2 is 2.07 bits per heavy atom. The predicted octanol–water partition coefficient (Wildman–Crippen LogP) is 3.32. The van der Waals surface area contributed by atoms with Crippen molar-refractivity contribution < 1.29 is 9.13 Å². The number of nitrogens with zero attached hydrogens (tertiary/aromatic N) is 3. The maximum absolute atomic E-state index is 13.9. The number of hydrogen-bond donors (Lipinski definition) is 2. The molecule has 0 amide bonds. The summed E-state index contributed by atoms with van der Waals surface area (Å²) in [6.45, 7) is 2.93. The van der Waals surface area contributed by atoms with Gasteiger partial charge in [0.2, 0.25) is 0 Å². The Labute approximate surface area is 184 Å². The summed E-state index contributed by atoms with van der Waals surface area (Å²) in [6.07, 6.45) is 10.6. The molecule has 1 saturated carbocycles. The molecule has 0 spiro atoms. The van der Waals surface area contributed by atoms with Crippen LogP contribution in [0.5, 0.6) is 0 Å². The van der Waals surface area contributed by atoms with Gasteiger partial charge < -0.3 is 20.3 Å². The molecule has 28 heavy (non-hydrogen) atoms. The van der Waals surface area contributed by atoms with Crippen LogP contribution in [0.4, 0.5) is 10.2 Å². The molecule has 1 atom stereocenters. The maximum atomic E-state index is 13.9. The summed E-state index contributed by atoms with van der Waals surface area (Å²) < 4.78 is 19.9. The lowest BCUT2D eigenvalue weighted by atomic mass is 10.1. The molecule has 1 unspecified atom stereocenters. The fraction of sp³-hybridized carbons (Fsp3) is 0.700. The Hall–Kier alpha value is -1.16. The van der Waals surface area contributed by atoms with Gasteiger partial charge in [0.05, 0.1) is 12.7 Å². The second kappa shape index (κ2) is 12.4. The van der Waals surface area contributed by atoms with Gasteiger partial charge in [0, 0.05) is 38.9 Å². The molecule has 1 aliphatic heterocycles. The van der Waals surface area contributed by atoms with E-state index in [0.717, 1.165) is 25.5 Å². The smallest absolute Gasteiger partial charge is 0.191 e. The molecule has 1 saturated heterocycles. The standard InChI is InChI=1S/C20H32FN5O.HI/c1-22-20(24-12-14-27-17-7-4-2-3-5-8-17)25-16-10-13-26(15-16)19-18(21)9-6-11-23-19;/h6,9,11,16-17H,2-5,7-8,10,12-15H2,1H3,(H2,22,24,25);1H. The second-order valence-corrected chi connectivity index (χ2v) is 7.37. The Balaban J connectivity index is 0.00000280. The third kappa shape index (κ3) is 7.02. The van der Waals surface area contributed by atoms with Gasteiger partial charge in [0.15, 0.2) is 17.6 Å². The lowest BCUT2D eigenvalue weighted by molar-refractivity contribution is 0.0468. The minimum atomic E-state index is -0.267. The first-order valence-electron chi connectivity index (χ1n) is 10.2. The molecule has 3 rings (SSSR count). The zero-order valence-corrected chi connectivity index (χ0v) is 19.0. The third-order valence-corrected chi connectivity index (χ3v) is 5.34. The van der Waals surface area contributed by atoms with E-state index in [1.54, 1.807) is 19.3 Å². The molecule has 158 valence electrons. The molecule has 0 bridgehead atoms. The largest absolute Gasteiger partial charge is 0.376 e. The third-order valence-electron chi connectivity index (χ3n) is 5.34. The van der Waals surface area contributed by atoms with E-state index in [1.807, 2.05) is 4.90 Å². The number of aliphatic imine (C=N–C) groups is 1. The highest BCUT2D eigenvalue weighted by Crippen LogP contribution is 2.21. The van der Waals surface area contributed by atoms with Crippen molar-refractivity contribution in [1.82, 2.24) is 15.6 Å². The first-order valence-corrected chi connectivity index (χ1v) is 10.2. The summed E-state index contributed by atoms with van der Waals surface area (Å²) in [6, 6.07) is 3.30. The van der Waals surface area contributed by atoms with Crippen LogP contribution < -0.4 is 15.5 Å². The first kappa shape index (κ1) is 23.1. The van der Waals surface area contributed by atoms with Gasteiger partial charge in [-0.15, -0.1) is 24.0 Å². The van der Waals surface area contributed by atoms with Crippen LogP contribution in [0.25, 0.3) is 0 Å². The highest BCUT2D eigenvalue weighted by molar-refractivity contribution is 14.0. The summed E-state index contributed by atoms with van der Waals surface area (Å²) in [5.74, 6) is 0.936. The van der Waals surface area contributed by atoms with E-state index < -0.39 is 0 Å². The van der Waals surface area contributed by atoms with Crippen molar-refractivity contribution in [2.75, 3.05) is 38.2 Å². The molecular formula is C20H33FIN5O. The zero-order chi connectivity index (χ0) is 18.9. The SMILES string of the molecule is CN=C(NCCOC1CCCCCC1)NC1CCN(c2ncccc2F)C1.I. The number of halogens is 2. The molecule has 0 radical (unpaired) electrons. The van der Waals surface area contributed by atoms with Crippen molar-refractivity contribution in [3.8, 4) is 0 Å². The van der Waals surface area contributed by atoms with Gasteiger partial charge in [-0.3, -0.25) is 4.99 Å². The second-order valence-electron chi connectivity index (χ2n) is 7.37. The summed E-state index contributed by atoms with van der Waals surface area (Å²) in [7, 11) is 1.77. The summed E-state index contributed by atoms with van der Waals surface area (Å²) in [5.41, 5.74) is 0. The van der Waals surface area contributed by atoms with Gasteiger partial charge in [-0.2, -0.15) is 0 Å². The Morgan fingerprint density at radius 3 is 2.79 bits per heavy atom. The number of pyridine rings is 1. The van der Waals surface area contributed by atoms with Gasteiger partial charge >= 0.3 is 0 Å². The molecule has 2 N–H and O–H groups in total. The lowest BCUT2D eigenvalue weighted by Crippen LogP contribution is -2.45. The Kier molecular flexibility index (Phi) is 10.3. The molecule has 1 aliphatic carbocycles. The van der Waals surface area contributed by atoms with E-state index in [4.69, 9.17) is 4.74 Å². The van der Waals surface area contributed by atoms with Gasteiger partial charge in [0.25, 0.3) is 0 Å². The van der Waals surface area contributed by atoms with Crippen LogP contribution in [0.3, 0.4) is 0 Å². The summed E-state index contributed by atoms with van der Waals surface area (Å²) >= 11 is 0. The molecule has 2 fully saturated rings. The van der Waals surface area contributed by atoms with Gasteiger partial charge in [-0.25, -0.2) is 9.37 Å². The van der Waals surface area contributed by atoms with Gasteiger partial charge in [0.1, 0.15) is 0 Å². The zero-order valence-electron chi connectivity index (χ0n) is 16.7. The summed E-state index contributed by atoms with van der Waals surface area (Å²) in [5, 5.41) is 6.75. The maximum Gasteiger partial charge on any atom is 0.191 e. The quantitative estimate of drug-likeness (QED) is 0.204. The number of hydrogen-bond acceptors (Lipinski definition) is 4. The van der Waals surface area contributed by atoms with Crippen LogP contribution in [-0.4, -0.2) is 56.4 Å². The fourth-order valence-corrected chi connectivity index (χ4v) is 3.87.